The Kier molecular flexibility index (Phi) is 4.77. The maximum absolute atomic E-state index is 13.1. The summed E-state index contributed by atoms with van der Waals surface area (Å²) in [6.07, 6.45) is 2.26. The predicted octanol–water partition coefficient (Wildman–Crippen LogP) is 1.97. The van der Waals surface area contributed by atoms with Gasteiger partial charge in [-0.3, -0.25) is 4.79 Å². The summed E-state index contributed by atoms with van der Waals surface area (Å²) in [7, 11) is 0. The Morgan fingerprint density at radius 1 is 1.43 bits per heavy atom. The van der Waals surface area contributed by atoms with E-state index in [9.17, 15) is 14.0 Å². The lowest BCUT2D eigenvalue weighted by atomic mass is 10.0. The fourth-order valence-electron chi connectivity index (χ4n) is 2.54. The molecule has 5 nitrogen and oxygen atoms in total. The van der Waals surface area contributed by atoms with E-state index in [-0.39, 0.29) is 23.8 Å². The molecule has 2 rings (SSSR count). The van der Waals surface area contributed by atoms with E-state index in [0.717, 1.165) is 18.9 Å². The molecule has 1 aromatic rings. The van der Waals surface area contributed by atoms with Crippen LogP contribution in [0.3, 0.4) is 0 Å². The van der Waals surface area contributed by atoms with E-state index in [4.69, 9.17) is 10.5 Å². The number of carbonyl (C=O) groups is 2. The highest BCUT2D eigenvalue weighted by atomic mass is 19.1. The van der Waals surface area contributed by atoms with Gasteiger partial charge in [-0.2, -0.15) is 0 Å². The van der Waals surface area contributed by atoms with E-state index < -0.39 is 17.8 Å². The first-order valence-electron chi connectivity index (χ1n) is 7.07. The van der Waals surface area contributed by atoms with E-state index in [1.165, 1.54) is 17.0 Å². The molecule has 1 saturated heterocycles. The number of halogens is 1. The van der Waals surface area contributed by atoms with Crippen molar-refractivity contribution >= 4 is 17.6 Å². The maximum Gasteiger partial charge on any atom is 0.328 e. The molecule has 1 aromatic carbocycles. The lowest BCUT2D eigenvalue weighted by Crippen LogP contribution is -2.48. The van der Waals surface area contributed by atoms with Gasteiger partial charge in [-0.25, -0.2) is 9.18 Å². The lowest BCUT2D eigenvalue weighted by molar-refractivity contribution is -0.149. The SMILES string of the molecule is CCOC(=O)C1CCCCN1C(=O)c1ccc(F)cc1N. The summed E-state index contributed by atoms with van der Waals surface area (Å²) in [5, 5.41) is 0. The molecule has 1 unspecified atom stereocenters. The van der Waals surface area contributed by atoms with E-state index >= 15 is 0 Å². The van der Waals surface area contributed by atoms with E-state index in [1.54, 1.807) is 6.92 Å². The lowest BCUT2D eigenvalue weighted by Gasteiger charge is -2.34. The largest absolute Gasteiger partial charge is 0.464 e. The Morgan fingerprint density at radius 3 is 2.86 bits per heavy atom. The first-order chi connectivity index (χ1) is 10.0. The van der Waals surface area contributed by atoms with Gasteiger partial charge in [0.05, 0.1) is 12.2 Å². The molecular weight excluding hydrogens is 275 g/mol. The number of nitrogens with zero attached hydrogens (tertiary/aromatic N) is 1. The van der Waals surface area contributed by atoms with Gasteiger partial charge >= 0.3 is 5.97 Å². The summed E-state index contributed by atoms with van der Waals surface area (Å²) in [4.78, 5) is 26.0. The van der Waals surface area contributed by atoms with Crippen LogP contribution in [0.15, 0.2) is 18.2 Å². The summed E-state index contributed by atoms with van der Waals surface area (Å²) < 4.78 is 18.1. The van der Waals surface area contributed by atoms with Crippen molar-refractivity contribution in [1.29, 1.82) is 0 Å². The number of hydrogen-bond donors (Lipinski definition) is 1. The van der Waals surface area contributed by atoms with Crippen molar-refractivity contribution in [3.05, 3.63) is 29.6 Å². The monoisotopic (exact) mass is 294 g/mol. The minimum Gasteiger partial charge on any atom is -0.464 e. The summed E-state index contributed by atoms with van der Waals surface area (Å²) in [5.41, 5.74) is 6.00. The summed E-state index contributed by atoms with van der Waals surface area (Å²) in [6, 6.07) is 3.06. The van der Waals surface area contributed by atoms with E-state index in [1.807, 2.05) is 0 Å². The van der Waals surface area contributed by atoms with Crippen molar-refractivity contribution in [1.82, 2.24) is 4.90 Å². The molecule has 1 atom stereocenters. The highest BCUT2D eigenvalue weighted by Crippen LogP contribution is 2.23. The van der Waals surface area contributed by atoms with Crippen LogP contribution in [0, 0.1) is 5.82 Å². The number of anilines is 1. The summed E-state index contributed by atoms with van der Waals surface area (Å²) in [6.45, 7) is 2.47. The number of carbonyl (C=O) groups excluding carboxylic acids is 2. The van der Waals surface area contributed by atoms with Crippen LogP contribution in [0.4, 0.5) is 10.1 Å². The minimum absolute atomic E-state index is 0.0770. The van der Waals surface area contributed by atoms with E-state index in [0.29, 0.717) is 13.0 Å². The number of nitrogens with two attached hydrogens (primary N) is 1. The molecule has 0 saturated carbocycles. The van der Waals surface area contributed by atoms with Gasteiger partial charge in [-0.15, -0.1) is 0 Å². The van der Waals surface area contributed by atoms with Gasteiger partial charge in [0.1, 0.15) is 11.9 Å². The second kappa shape index (κ2) is 6.56. The molecular formula is C15H19FN2O3. The Bertz CT molecular complexity index is 548. The Morgan fingerprint density at radius 2 is 2.19 bits per heavy atom. The van der Waals surface area contributed by atoms with Crippen LogP contribution in [-0.4, -0.2) is 36.0 Å². The first-order valence-corrected chi connectivity index (χ1v) is 7.07. The van der Waals surface area contributed by atoms with Crippen molar-refractivity contribution in [2.75, 3.05) is 18.9 Å². The average molecular weight is 294 g/mol. The topological polar surface area (TPSA) is 72.6 Å². The van der Waals surface area contributed by atoms with Crippen LogP contribution in [0.25, 0.3) is 0 Å². The number of rotatable bonds is 3. The number of benzene rings is 1. The Balaban J connectivity index is 2.24. The molecule has 0 aliphatic carbocycles. The molecule has 0 bridgehead atoms. The smallest absolute Gasteiger partial charge is 0.328 e. The average Bonchev–Trinajstić information content (AvgIpc) is 2.47. The third-order valence-electron chi connectivity index (χ3n) is 3.57. The van der Waals surface area contributed by atoms with Crippen molar-refractivity contribution < 1.29 is 18.7 Å². The van der Waals surface area contributed by atoms with Crippen LogP contribution >= 0.6 is 0 Å². The van der Waals surface area contributed by atoms with Gasteiger partial charge < -0.3 is 15.4 Å². The zero-order valence-corrected chi connectivity index (χ0v) is 12.0. The molecule has 1 aliphatic heterocycles. The molecule has 0 aromatic heterocycles. The summed E-state index contributed by atoms with van der Waals surface area (Å²) in [5.74, 6) is -1.25. The predicted molar refractivity (Wildman–Crippen MR) is 76.1 cm³/mol. The molecule has 21 heavy (non-hydrogen) atoms. The Hall–Kier alpha value is -2.11. The van der Waals surface area contributed by atoms with Crippen LogP contribution in [-0.2, 0) is 9.53 Å². The second-order valence-corrected chi connectivity index (χ2v) is 4.99. The molecule has 114 valence electrons. The number of hydrogen-bond acceptors (Lipinski definition) is 4. The molecule has 0 spiro atoms. The number of piperidine rings is 1. The van der Waals surface area contributed by atoms with Crippen molar-refractivity contribution in [3.8, 4) is 0 Å². The third kappa shape index (κ3) is 3.32. The molecule has 1 fully saturated rings. The van der Waals surface area contributed by atoms with Crippen LogP contribution in [0.1, 0.15) is 36.5 Å². The van der Waals surface area contributed by atoms with Crippen molar-refractivity contribution in [2.24, 2.45) is 0 Å². The number of esters is 1. The van der Waals surface area contributed by atoms with E-state index in [2.05, 4.69) is 0 Å². The first kappa shape index (κ1) is 15.3. The molecule has 2 N–H and O–H groups in total. The molecule has 0 radical (unpaired) electrons. The number of amides is 1. The zero-order chi connectivity index (χ0) is 15.4. The Labute approximate surface area is 122 Å². The second-order valence-electron chi connectivity index (χ2n) is 4.99. The fraction of sp³-hybridized carbons (Fsp3) is 0.467. The van der Waals surface area contributed by atoms with Crippen LogP contribution in [0.5, 0.6) is 0 Å². The van der Waals surface area contributed by atoms with Gasteiger partial charge in [0.15, 0.2) is 0 Å². The number of nitrogen functional groups attached to an aromatic ring is 1. The zero-order valence-electron chi connectivity index (χ0n) is 12.0. The number of likely N-dealkylation sites (tertiary alicyclic amines) is 1. The minimum atomic E-state index is -0.587. The third-order valence-corrected chi connectivity index (χ3v) is 3.57. The number of ether oxygens (including phenoxy) is 1. The highest BCUT2D eigenvalue weighted by molar-refractivity contribution is 6.01. The fourth-order valence-corrected chi connectivity index (χ4v) is 2.54. The van der Waals surface area contributed by atoms with Gasteiger partial charge in [0.2, 0.25) is 0 Å². The van der Waals surface area contributed by atoms with Crippen LogP contribution < -0.4 is 5.73 Å². The molecule has 6 heteroatoms. The van der Waals surface area contributed by atoms with Crippen LogP contribution in [0.2, 0.25) is 0 Å². The molecule has 1 aliphatic rings. The highest BCUT2D eigenvalue weighted by Gasteiger charge is 2.34. The quantitative estimate of drug-likeness (QED) is 0.683. The van der Waals surface area contributed by atoms with Gasteiger partial charge in [-0.1, -0.05) is 0 Å². The van der Waals surface area contributed by atoms with Crippen molar-refractivity contribution in [3.63, 3.8) is 0 Å². The maximum atomic E-state index is 13.1. The van der Waals surface area contributed by atoms with Gasteiger partial charge in [-0.05, 0) is 44.4 Å². The summed E-state index contributed by atoms with van der Waals surface area (Å²) >= 11 is 0. The van der Waals surface area contributed by atoms with Gasteiger partial charge in [0.25, 0.3) is 5.91 Å². The normalized spacial score (nSPS) is 18.4. The molecule has 1 amide bonds. The van der Waals surface area contributed by atoms with Gasteiger partial charge in [0, 0.05) is 12.2 Å². The standard InChI is InChI=1S/C15H19FN2O3/c1-2-21-15(20)13-5-3-4-8-18(13)14(19)11-7-6-10(16)9-12(11)17/h6-7,9,13H,2-5,8,17H2,1H3. The molecule has 1 heterocycles. The van der Waals surface area contributed by atoms with Crippen molar-refractivity contribution in [2.45, 2.75) is 32.2 Å².